The van der Waals surface area contributed by atoms with Gasteiger partial charge in [0.1, 0.15) is 16.7 Å². The molecule has 6 nitrogen and oxygen atoms in total. The Hall–Kier alpha value is -3.16. The van der Waals surface area contributed by atoms with E-state index in [1.807, 2.05) is 30.3 Å². The van der Waals surface area contributed by atoms with Gasteiger partial charge in [0, 0.05) is 6.07 Å². The van der Waals surface area contributed by atoms with Crippen LogP contribution in [0.1, 0.15) is 57.0 Å². The molecule has 4 rings (SSSR count). The van der Waals surface area contributed by atoms with Crippen molar-refractivity contribution >= 4 is 46.4 Å². The van der Waals surface area contributed by atoms with E-state index in [-0.39, 0.29) is 33.7 Å². The maximum Gasteiger partial charge on any atom is 0.346 e. The van der Waals surface area contributed by atoms with Crippen LogP contribution in [0.3, 0.4) is 0 Å². The van der Waals surface area contributed by atoms with E-state index < -0.39 is 17.8 Å². The number of imide groups is 1. The van der Waals surface area contributed by atoms with E-state index in [2.05, 4.69) is 6.92 Å². The summed E-state index contributed by atoms with van der Waals surface area (Å²) in [5.41, 5.74) is 1.66. The van der Waals surface area contributed by atoms with Crippen molar-refractivity contribution in [2.45, 2.75) is 32.3 Å². The molecule has 0 saturated heterocycles. The molecule has 0 spiro atoms. The number of hydrogen-bond acceptors (Lipinski definition) is 5. The second kappa shape index (κ2) is 9.14. The Morgan fingerprint density at radius 2 is 1.97 bits per heavy atom. The molecule has 0 aliphatic carbocycles. The number of ether oxygens (including phenoxy) is 1. The lowest BCUT2D eigenvalue weighted by Crippen LogP contribution is -2.42. The van der Waals surface area contributed by atoms with Crippen LogP contribution in [-0.2, 0) is 11.2 Å². The van der Waals surface area contributed by atoms with Gasteiger partial charge < -0.3 is 9.84 Å². The molecule has 2 amide bonds. The highest BCUT2D eigenvalue weighted by Gasteiger charge is 2.37. The number of amides is 2. The van der Waals surface area contributed by atoms with Crippen LogP contribution in [0.2, 0.25) is 5.02 Å². The Labute approximate surface area is 194 Å². The maximum atomic E-state index is 13.2. The minimum Gasteiger partial charge on any atom is -0.486 e. The summed E-state index contributed by atoms with van der Waals surface area (Å²) in [4.78, 5) is 38.4. The number of thiophene rings is 1. The minimum absolute atomic E-state index is 0.0395. The topological polar surface area (TPSA) is 83.9 Å². The molecule has 8 heteroatoms. The number of anilines is 1. The third-order valence-electron chi connectivity index (χ3n) is 5.23. The zero-order chi connectivity index (χ0) is 22.8. The van der Waals surface area contributed by atoms with Crippen molar-refractivity contribution in [1.82, 2.24) is 0 Å². The quantitative estimate of drug-likeness (QED) is 0.445. The van der Waals surface area contributed by atoms with Gasteiger partial charge in [-0.25, -0.2) is 9.69 Å². The number of rotatable bonds is 7. The van der Waals surface area contributed by atoms with Crippen molar-refractivity contribution in [1.29, 1.82) is 0 Å². The first-order valence-corrected chi connectivity index (χ1v) is 11.4. The fourth-order valence-corrected chi connectivity index (χ4v) is 4.85. The van der Waals surface area contributed by atoms with E-state index in [9.17, 15) is 19.5 Å². The summed E-state index contributed by atoms with van der Waals surface area (Å²) in [7, 11) is 0. The maximum absolute atomic E-state index is 13.2. The second-order valence-electron chi connectivity index (χ2n) is 7.40. The number of carboxylic acids is 1. The third-order valence-corrected chi connectivity index (χ3v) is 6.56. The number of benzene rings is 2. The number of halogens is 1. The van der Waals surface area contributed by atoms with Gasteiger partial charge >= 0.3 is 5.97 Å². The minimum atomic E-state index is -1.20. The first kappa shape index (κ1) is 22.0. The van der Waals surface area contributed by atoms with E-state index in [4.69, 9.17) is 16.3 Å². The Morgan fingerprint density at radius 3 is 2.66 bits per heavy atom. The Kier molecular flexibility index (Phi) is 6.30. The van der Waals surface area contributed by atoms with E-state index in [1.165, 1.54) is 0 Å². The van der Waals surface area contributed by atoms with Crippen LogP contribution in [0.4, 0.5) is 5.69 Å². The van der Waals surface area contributed by atoms with E-state index in [1.54, 1.807) is 23.6 Å². The normalized spacial score (nSPS) is 14.2. The lowest BCUT2D eigenvalue weighted by atomic mass is 10.0. The highest BCUT2D eigenvalue weighted by atomic mass is 35.5. The summed E-state index contributed by atoms with van der Waals surface area (Å²) in [6.45, 7) is 2.07. The molecule has 0 fully saturated rings. The average molecular weight is 470 g/mol. The predicted molar refractivity (Wildman–Crippen MR) is 123 cm³/mol. The SMILES string of the molecule is CCCC(Oc1ccc(Cl)c(N2C(=O)Cc3csc(C(=O)O)c3C2=O)c1)c1ccccc1. The van der Waals surface area contributed by atoms with E-state index >= 15 is 0 Å². The molecule has 3 aromatic rings. The molecule has 0 saturated carbocycles. The monoisotopic (exact) mass is 469 g/mol. The standard InChI is InChI=1S/C24H20ClNO5S/c1-2-6-19(14-7-4-3-5-8-14)31-16-9-10-17(25)18(12-16)26-20(27)11-15-13-32-22(24(29)30)21(15)23(26)28/h3-5,7-10,12-13,19H,2,6,11H2,1H3,(H,29,30). The number of carboxylic acid groups (broad SMARTS) is 1. The summed E-state index contributed by atoms with van der Waals surface area (Å²) >= 11 is 7.30. The highest BCUT2D eigenvalue weighted by molar-refractivity contribution is 7.12. The first-order chi connectivity index (χ1) is 15.4. The Morgan fingerprint density at radius 1 is 1.22 bits per heavy atom. The molecule has 2 aromatic carbocycles. The van der Waals surface area contributed by atoms with Gasteiger partial charge in [-0.1, -0.05) is 55.3 Å². The zero-order valence-corrected chi connectivity index (χ0v) is 18.8. The van der Waals surface area contributed by atoms with Crippen molar-refractivity contribution < 1.29 is 24.2 Å². The van der Waals surface area contributed by atoms with Crippen molar-refractivity contribution in [2.24, 2.45) is 0 Å². The largest absolute Gasteiger partial charge is 0.486 e. The van der Waals surface area contributed by atoms with Gasteiger partial charge in [0.15, 0.2) is 0 Å². The molecule has 0 radical (unpaired) electrons. The van der Waals surface area contributed by atoms with E-state index in [0.717, 1.165) is 34.6 Å². The molecule has 32 heavy (non-hydrogen) atoms. The van der Waals surface area contributed by atoms with Crippen molar-refractivity contribution in [3.63, 3.8) is 0 Å². The highest BCUT2D eigenvalue weighted by Crippen LogP contribution is 2.37. The number of nitrogens with zero attached hydrogens (tertiary/aromatic N) is 1. The van der Waals surface area contributed by atoms with Gasteiger partial charge in [0.2, 0.25) is 5.91 Å². The number of hydrogen-bond donors (Lipinski definition) is 1. The lowest BCUT2D eigenvalue weighted by molar-refractivity contribution is -0.117. The van der Waals surface area contributed by atoms with Crippen LogP contribution in [0, 0.1) is 0 Å². The van der Waals surface area contributed by atoms with Gasteiger partial charge in [-0.3, -0.25) is 9.59 Å². The van der Waals surface area contributed by atoms with Gasteiger partial charge in [-0.2, -0.15) is 0 Å². The van der Waals surface area contributed by atoms with Gasteiger partial charge in [0.25, 0.3) is 5.91 Å². The number of aromatic carboxylic acids is 1. The van der Waals surface area contributed by atoms with Gasteiger partial charge in [-0.15, -0.1) is 11.3 Å². The average Bonchev–Trinajstić information content (AvgIpc) is 3.20. The van der Waals surface area contributed by atoms with Crippen LogP contribution in [-0.4, -0.2) is 22.9 Å². The van der Waals surface area contributed by atoms with Crippen LogP contribution >= 0.6 is 22.9 Å². The molecule has 1 aliphatic rings. The summed E-state index contributed by atoms with van der Waals surface area (Å²) in [6, 6.07) is 14.6. The van der Waals surface area contributed by atoms with Crippen molar-refractivity contribution in [2.75, 3.05) is 4.90 Å². The molecule has 1 aliphatic heterocycles. The molecule has 2 heterocycles. The molecule has 0 bridgehead atoms. The molecule has 1 atom stereocenters. The molecule has 1 aromatic heterocycles. The summed E-state index contributed by atoms with van der Waals surface area (Å²) in [6.07, 6.45) is 1.41. The predicted octanol–water partition coefficient (Wildman–Crippen LogP) is 5.75. The molecule has 1 N–H and O–H groups in total. The van der Waals surface area contributed by atoms with E-state index in [0.29, 0.717) is 11.3 Å². The fourth-order valence-electron chi connectivity index (χ4n) is 3.75. The summed E-state index contributed by atoms with van der Waals surface area (Å²) < 4.78 is 6.21. The van der Waals surface area contributed by atoms with Crippen LogP contribution in [0.5, 0.6) is 5.75 Å². The fraction of sp³-hybridized carbons (Fsp3) is 0.208. The second-order valence-corrected chi connectivity index (χ2v) is 8.69. The summed E-state index contributed by atoms with van der Waals surface area (Å²) in [5.74, 6) is -1.90. The lowest BCUT2D eigenvalue weighted by Gasteiger charge is -2.27. The number of carbonyl (C=O) groups is 3. The van der Waals surface area contributed by atoms with Crippen molar-refractivity contribution in [3.05, 3.63) is 80.5 Å². The Bertz CT molecular complexity index is 1190. The van der Waals surface area contributed by atoms with Crippen LogP contribution in [0.25, 0.3) is 0 Å². The number of carbonyl (C=O) groups excluding carboxylic acids is 2. The molecule has 1 unspecified atom stereocenters. The smallest absolute Gasteiger partial charge is 0.346 e. The van der Waals surface area contributed by atoms with Crippen LogP contribution < -0.4 is 9.64 Å². The summed E-state index contributed by atoms with van der Waals surface area (Å²) in [5, 5.41) is 11.2. The van der Waals surface area contributed by atoms with Gasteiger partial charge in [0.05, 0.1) is 22.7 Å². The van der Waals surface area contributed by atoms with Crippen LogP contribution in [0.15, 0.2) is 53.9 Å². The first-order valence-electron chi connectivity index (χ1n) is 10.1. The molecular formula is C24H20ClNO5S. The zero-order valence-electron chi connectivity index (χ0n) is 17.2. The number of fused-ring (bicyclic) bond motifs is 1. The third kappa shape index (κ3) is 4.13. The Balaban J connectivity index is 1.69. The van der Waals surface area contributed by atoms with Crippen molar-refractivity contribution in [3.8, 4) is 5.75 Å². The molecular weight excluding hydrogens is 450 g/mol. The van der Waals surface area contributed by atoms with Gasteiger partial charge in [-0.05, 0) is 35.1 Å². The molecule has 164 valence electrons.